The molecule has 14 aromatic carbocycles. The maximum atomic E-state index is 2.63. The lowest BCUT2D eigenvalue weighted by Gasteiger charge is -2.24. The zero-order valence-electron chi connectivity index (χ0n) is 52.9. The van der Waals surface area contributed by atoms with E-state index < -0.39 is 0 Å². The van der Waals surface area contributed by atoms with E-state index in [1.54, 1.807) is 0 Å². The van der Waals surface area contributed by atoms with Crippen LogP contribution in [0.5, 0.6) is 0 Å². The van der Waals surface area contributed by atoms with Gasteiger partial charge in [0.1, 0.15) is 0 Å². The Hall–Kier alpha value is -11.5. The summed E-state index contributed by atoms with van der Waals surface area (Å²) in [5, 5.41) is 12.7. The highest BCUT2D eigenvalue weighted by Crippen LogP contribution is 2.61. The van der Waals surface area contributed by atoms with Crippen LogP contribution in [-0.4, -0.2) is 18.3 Å². The van der Waals surface area contributed by atoms with Crippen LogP contribution in [0, 0.1) is 0 Å². The second-order valence-corrected chi connectivity index (χ2v) is 28.5. The molecule has 5 heterocycles. The Morgan fingerprint density at radius 1 is 0.253 bits per heavy atom. The maximum absolute atomic E-state index is 2.63. The van der Waals surface area contributed by atoms with Crippen LogP contribution in [0.2, 0.25) is 0 Å². The highest BCUT2D eigenvalue weighted by atomic mass is 32.1. The first-order chi connectivity index (χ1) is 46.7. The minimum Gasteiger partial charge on any atom is -0.309 e. The van der Waals surface area contributed by atoms with Gasteiger partial charge in [-0.25, -0.2) is 0 Å². The molecule has 0 atom stereocenters. The molecule has 5 heteroatoms. The van der Waals surface area contributed by atoms with E-state index in [4.69, 9.17) is 0 Å². The van der Waals surface area contributed by atoms with E-state index >= 15 is 0 Å². The average molecular weight is 1230 g/mol. The molecule has 0 unspecified atom stereocenters. The number of para-hydroxylation sites is 4. The van der Waals surface area contributed by atoms with Gasteiger partial charge in [-0.2, -0.15) is 0 Å². The number of hydrogen-bond donors (Lipinski definition) is 0. The van der Waals surface area contributed by atoms with E-state index in [1.807, 2.05) is 11.3 Å². The van der Waals surface area contributed by atoms with Gasteiger partial charge in [-0.15, -0.1) is 11.3 Å². The topological polar surface area (TPSA) is 19.7 Å². The predicted molar refractivity (Wildman–Crippen MR) is 403 cm³/mol. The molecule has 19 aromatic rings. The number of rotatable bonds is 6. The molecule has 2 aliphatic rings. The molecule has 0 spiro atoms. The van der Waals surface area contributed by atoms with Crippen LogP contribution in [0.1, 0.15) is 49.9 Å². The zero-order chi connectivity index (χ0) is 62.7. The smallest absolute Gasteiger partial charge is 0.0630 e. The van der Waals surface area contributed by atoms with Gasteiger partial charge in [0.25, 0.3) is 0 Å². The van der Waals surface area contributed by atoms with Crippen molar-refractivity contribution in [3.05, 3.63) is 313 Å². The van der Waals surface area contributed by atoms with Gasteiger partial charge in [0, 0.05) is 108 Å². The molecule has 0 radical (unpaired) electrons. The highest BCUT2D eigenvalue weighted by molar-refractivity contribution is 7.25. The number of thiophene rings is 1. The normalized spacial score (nSPS) is 13.9. The molecule has 446 valence electrons. The molecule has 21 rings (SSSR count). The van der Waals surface area contributed by atoms with E-state index in [9.17, 15) is 0 Å². The molecule has 0 aliphatic heterocycles. The van der Waals surface area contributed by atoms with Crippen molar-refractivity contribution in [3.63, 3.8) is 0 Å². The molecule has 0 saturated heterocycles. The summed E-state index contributed by atoms with van der Waals surface area (Å²) >= 11 is 1.88. The summed E-state index contributed by atoms with van der Waals surface area (Å²) in [5.74, 6) is 0. The number of aromatic nitrogens is 4. The van der Waals surface area contributed by atoms with Crippen molar-refractivity contribution in [2.24, 2.45) is 0 Å². The fourth-order valence-corrected chi connectivity index (χ4v) is 19.0. The summed E-state index contributed by atoms with van der Waals surface area (Å²) in [6, 6.07) is 110. The first kappa shape index (κ1) is 53.1. The van der Waals surface area contributed by atoms with Crippen molar-refractivity contribution in [1.29, 1.82) is 0 Å². The molecule has 0 N–H and O–H groups in total. The largest absolute Gasteiger partial charge is 0.309 e. The van der Waals surface area contributed by atoms with E-state index in [0.717, 1.165) is 22.6 Å². The van der Waals surface area contributed by atoms with E-state index in [-0.39, 0.29) is 10.8 Å². The van der Waals surface area contributed by atoms with Gasteiger partial charge >= 0.3 is 0 Å². The van der Waals surface area contributed by atoms with Gasteiger partial charge in [0.2, 0.25) is 0 Å². The van der Waals surface area contributed by atoms with Gasteiger partial charge in [0.15, 0.2) is 0 Å². The molecule has 2 aliphatic carbocycles. The molecular weight excluding hydrogens is 1170 g/mol. The van der Waals surface area contributed by atoms with Crippen molar-refractivity contribution in [2.75, 3.05) is 0 Å². The molecule has 0 bridgehead atoms. The number of nitrogens with zero attached hydrogens (tertiary/aromatic N) is 4. The van der Waals surface area contributed by atoms with Gasteiger partial charge in [-0.1, -0.05) is 228 Å². The van der Waals surface area contributed by atoms with Crippen LogP contribution in [-0.2, 0) is 10.8 Å². The van der Waals surface area contributed by atoms with Crippen molar-refractivity contribution in [1.82, 2.24) is 18.3 Å². The minimum absolute atomic E-state index is 0.328. The molecular formula is C90H60N4S. The molecule has 0 amide bonds. The van der Waals surface area contributed by atoms with Crippen molar-refractivity contribution in [3.8, 4) is 67.3 Å². The molecule has 5 aromatic heterocycles. The third-order valence-corrected chi connectivity index (χ3v) is 23.0. The minimum atomic E-state index is -0.358. The van der Waals surface area contributed by atoms with Gasteiger partial charge in [0.05, 0.1) is 44.1 Å². The Morgan fingerprint density at radius 2 is 0.642 bits per heavy atom. The van der Waals surface area contributed by atoms with Crippen LogP contribution in [0.25, 0.3) is 175 Å². The van der Waals surface area contributed by atoms with Crippen LogP contribution < -0.4 is 0 Å². The Labute approximate surface area is 552 Å². The lowest BCUT2D eigenvalue weighted by molar-refractivity contribution is 0.664. The van der Waals surface area contributed by atoms with Gasteiger partial charge in [-0.3, -0.25) is 0 Å². The molecule has 4 nitrogen and oxygen atoms in total. The van der Waals surface area contributed by atoms with Gasteiger partial charge < -0.3 is 18.3 Å². The number of hydrogen-bond acceptors (Lipinski definition) is 1. The number of benzene rings is 14. The lowest BCUT2D eigenvalue weighted by atomic mass is 9.81. The number of fused-ring (bicyclic) bond motifs is 27. The average Bonchev–Trinajstić information content (AvgIpc) is 1.51. The fourth-order valence-electron chi connectivity index (χ4n) is 17.9. The maximum Gasteiger partial charge on any atom is 0.0630 e. The predicted octanol–water partition coefficient (Wildman–Crippen LogP) is 24.4. The van der Waals surface area contributed by atoms with Crippen LogP contribution in [0.15, 0.2) is 291 Å². The second-order valence-electron chi connectivity index (χ2n) is 27.4. The summed E-state index contributed by atoms with van der Waals surface area (Å²) in [6.07, 6.45) is 0. The van der Waals surface area contributed by atoms with Crippen LogP contribution >= 0.6 is 11.3 Å². The first-order valence-corrected chi connectivity index (χ1v) is 34.1. The van der Waals surface area contributed by atoms with Crippen molar-refractivity contribution < 1.29 is 0 Å². The Bertz CT molecular complexity index is 6560. The van der Waals surface area contributed by atoms with E-state index in [1.165, 1.54) is 174 Å². The monoisotopic (exact) mass is 1230 g/mol. The highest BCUT2D eigenvalue weighted by Gasteiger charge is 2.44. The lowest BCUT2D eigenvalue weighted by Crippen LogP contribution is -2.16. The zero-order valence-corrected chi connectivity index (χ0v) is 53.7. The molecule has 0 saturated carbocycles. The fraction of sp³-hybridized carbons (Fsp3) is 0.0667. The third-order valence-electron chi connectivity index (χ3n) is 21.8. The summed E-state index contributed by atoms with van der Waals surface area (Å²) in [7, 11) is 0. The molecule has 0 fully saturated rings. The van der Waals surface area contributed by atoms with Crippen molar-refractivity contribution in [2.45, 2.75) is 38.5 Å². The second kappa shape index (κ2) is 19.1. The van der Waals surface area contributed by atoms with Crippen LogP contribution in [0.4, 0.5) is 0 Å². The summed E-state index contributed by atoms with van der Waals surface area (Å²) in [6.45, 7) is 9.82. The Morgan fingerprint density at radius 3 is 1.26 bits per heavy atom. The SMILES string of the molecule is CC1(C)c2ccccc2-c2c1c1c(c3ccccc3n1-c1cccc(-c3ccc4c(c3)c3c5c6ccccc6n(-c6ccccc6)c5c5c(c3n4-c3ccc(-c4ccccc4)cc3)-c3ccccc3C5(C)C)c1)c1c3ccccc3n(-c3ccc4sc5ccccc5c4c3)c21. The third kappa shape index (κ3) is 6.99. The van der Waals surface area contributed by atoms with E-state index in [0.29, 0.717) is 0 Å². The summed E-state index contributed by atoms with van der Waals surface area (Å²) < 4.78 is 13.0. The summed E-state index contributed by atoms with van der Waals surface area (Å²) in [4.78, 5) is 0. The first-order valence-electron chi connectivity index (χ1n) is 33.2. The van der Waals surface area contributed by atoms with E-state index in [2.05, 4.69) is 337 Å². The Balaban J connectivity index is 0.859. The summed E-state index contributed by atoms with van der Waals surface area (Å²) in [5.41, 5.74) is 29.1. The Kier molecular flexibility index (Phi) is 10.7. The van der Waals surface area contributed by atoms with Crippen LogP contribution in [0.3, 0.4) is 0 Å². The van der Waals surface area contributed by atoms with Crippen molar-refractivity contribution >= 4 is 119 Å². The van der Waals surface area contributed by atoms with Gasteiger partial charge in [-0.05, 0) is 147 Å². The molecule has 95 heavy (non-hydrogen) atoms. The standard InChI is InChI=1S/C90H60N4S/c1-89(2)70-37-18-12-32-63(70)82-83(89)87-79(65-34-14-19-38-71(65)92(87)57-27-9-6-10-28-57)80-68-51-56(44-48-74(68)91(86(80)82)58-45-42-54(43-46-58)53-24-7-5-8-25-53)55-26-23-29-59(50-55)94-73-40-21-15-35-66(73)78-77-64-33-13-20-39-72(64)93(60-47-49-76-67(52-60)61-30-16-22-41-75(61)95-76)85(77)81-62-31-11-17-36-69(62)90(3,4)84(81)88(78)94/h5-52H,1-4H3. The quantitative estimate of drug-likeness (QED) is 0.158.